The Labute approximate surface area is 78.0 Å². The fraction of sp³-hybridized carbons (Fsp3) is 0.875. The molecule has 1 amide bonds. The molecule has 0 aliphatic rings. The number of primary amides is 1. The Morgan fingerprint density at radius 2 is 2.00 bits per heavy atom. The normalized spacial score (nSPS) is 16.4. The van der Waals surface area contributed by atoms with Crippen molar-refractivity contribution in [2.24, 2.45) is 16.9 Å². The number of carbonyl (C=O) groups excluding carboxylic acids is 1. The third-order valence-electron chi connectivity index (χ3n) is 1.81. The van der Waals surface area contributed by atoms with Crippen molar-refractivity contribution in [3.05, 3.63) is 0 Å². The summed E-state index contributed by atoms with van der Waals surface area (Å²) >= 11 is 0. The van der Waals surface area contributed by atoms with Crippen LogP contribution < -0.4 is 11.5 Å². The largest absolute Gasteiger partial charge is 0.447 e. The molecular formula is C8H18N2O3. The highest BCUT2D eigenvalue weighted by Gasteiger charge is 2.28. The Balaban J connectivity index is 3.97. The second-order valence-electron chi connectivity index (χ2n) is 4.09. The van der Waals surface area contributed by atoms with Crippen LogP contribution in [0.2, 0.25) is 0 Å². The zero-order chi connectivity index (χ0) is 10.6. The molecule has 5 N–H and O–H groups in total. The smallest absolute Gasteiger partial charge is 0.404 e. The summed E-state index contributed by atoms with van der Waals surface area (Å²) in [6, 6.07) is -0.452. The van der Waals surface area contributed by atoms with E-state index in [2.05, 4.69) is 4.74 Å². The molecule has 0 bridgehead atoms. The predicted octanol–water partition coefficient (Wildman–Crippen LogP) is -0.184. The zero-order valence-corrected chi connectivity index (χ0v) is 8.28. The van der Waals surface area contributed by atoms with Crippen molar-refractivity contribution in [2.75, 3.05) is 6.61 Å². The molecule has 78 valence electrons. The Morgan fingerprint density at radius 1 is 1.54 bits per heavy atom. The first kappa shape index (κ1) is 12.2. The van der Waals surface area contributed by atoms with Gasteiger partial charge in [-0.25, -0.2) is 4.79 Å². The Bertz CT molecular complexity index is 177. The summed E-state index contributed by atoms with van der Waals surface area (Å²) in [5, 5.41) is 9.44. The molecule has 0 radical (unpaired) electrons. The van der Waals surface area contributed by atoms with Crippen molar-refractivity contribution in [1.29, 1.82) is 0 Å². The van der Waals surface area contributed by atoms with E-state index in [4.69, 9.17) is 11.5 Å². The standard InChI is InChI=1S/C8H18N2O3/c1-8(2,3)6(9)5(11)4-13-7(10)12/h5-6,11H,4,9H2,1-3H3,(H2,10,12). The van der Waals surface area contributed by atoms with Crippen molar-refractivity contribution < 1.29 is 14.6 Å². The molecule has 0 aliphatic carbocycles. The maximum Gasteiger partial charge on any atom is 0.404 e. The summed E-state index contributed by atoms with van der Waals surface area (Å²) < 4.78 is 4.43. The molecule has 0 aromatic heterocycles. The molecular weight excluding hydrogens is 172 g/mol. The fourth-order valence-electron chi connectivity index (χ4n) is 0.848. The third kappa shape index (κ3) is 4.69. The summed E-state index contributed by atoms with van der Waals surface area (Å²) in [7, 11) is 0. The number of amides is 1. The maximum atomic E-state index is 10.2. The van der Waals surface area contributed by atoms with Gasteiger partial charge in [0, 0.05) is 6.04 Å². The van der Waals surface area contributed by atoms with Crippen LogP contribution in [0.4, 0.5) is 4.79 Å². The lowest BCUT2D eigenvalue weighted by atomic mass is 9.84. The lowest BCUT2D eigenvalue weighted by Gasteiger charge is -2.30. The molecule has 2 unspecified atom stereocenters. The van der Waals surface area contributed by atoms with Gasteiger partial charge in [0.25, 0.3) is 0 Å². The van der Waals surface area contributed by atoms with Crippen LogP contribution in [-0.2, 0) is 4.74 Å². The van der Waals surface area contributed by atoms with E-state index in [1.807, 2.05) is 20.8 Å². The maximum absolute atomic E-state index is 10.2. The summed E-state index contributed by atoms with van der Waals surface area (Å²) in [6.45, 7) is 5.52. The third-order valence-corrected chi connectivity index (χ3v) is 1.81. The lowest BCUT2D eigenvalue weighted by molar-refractivity contribution is 0.0308. The first-order chi connectivity index (χ1) is 5.75. The monoisotopic (exact) mass is 190 g/mol. The number of hydrogen-bond acceptors (Lipinski definition) is 4. The summed E-state index contributed by atoms with van der Waals surface area (Å²) in [6.07, 6.45) is -1.78. The molecule has 0 aromatic carbocycles. The van der Waals surface area contributed by atoms with E-state index in [1.165, 1.54) is 0 Å². The molecule has 0 fully saturated rings. The van der Waals surface area contributed by atoms with Crippen LogP contribution in [0.3, 0.4) is 0 Å². The van der Waals surface area contributed by atoms with Crippen LogP contribution >= 0.6 is 0 Å². The molecule has 0 rings (SSSR count). The number of ether oxygens (including phenoxy) is 1. The van der Waals surface area contributed by atoms with E-state index in [-0.39, 0.29) is 12.0 Å². The van der Waals surface area contributed by atoms with Crippen LogP contribution in [0.25, 0.3) is 0 Å². The first-order valence-corrected chi connectivity index (χ1v) is 4.11. The molecule has 0 aromatic rings. The van der Waals surface area contributed by atoms with E-state index >= 15 is 0 Å². The molecule has 0 saturated heterocycles. The number of nitrogens with two attached hydrogens (primary N) is 2. The van der Waals surface area contributed by atoms with Gasteiger partial charge in [-0.3, -0.25) is 0 Å². The van der Waals surface area contributed by atoms with Gasteiger partial charge in [-0.05, 0) is 5.41 Å². The average molecular weight is 190 g/mol. The van der Waals surface area contributed by atoms with Crippen LogP contribution in [0.1, 0.15) is 20.8 Å². The van der Waals surface area contributed by atoms with Gasteiger partial charge in [0.15, 0.2) is 0 Å². The molecule has 5 nitrogen and oxygen atoms in total. The van der Waals surface area contributed by atoms with Crippen molar-refractivity contribution in [3.8, 4) is 0 Å². The van der Waals surface area contributed by atoms with Crippen molar-refractivity contribution >= 4 is 6.09 Å². The van der Waals surface area contributed by atoms with E-state index in [0.717, 1.165) is 0 Å². The lowest BCUT2D eigenvalue weighted by Crippen LogP contribution is -2.47. The zero-order valence-electron chi connectivity index (χ0n) is 8.28. The number of hydrogen-bond donors (Lipinski definition) is 3. The quantitative estimate of drug-likeness (QED) is 0.574. The van der Waals surface area contributed by atoms with Crippen LogP contribution in [0, 0.1) is 5.41 Å². The SMILES string of the molecule is CC(C)(C)C(N)C(O)COC(N)=O. The minimum absolute atomic E-state index is 0.159. The number of aliphatic hydroxyl groups is 1. The minimum atomic E-state index is -0.903. The van der Waals surface area contributed by atoms with E-state index in [1.54, 1.807) is 0 Å². The highest BCUT2D eigenvalue weighted by Crippen LogP contribution is 2.19. The number of rotatable bonds is 3. The van der Waals surface area contributed by atoms with Gasteiger partial charge in [-0.2, -0.15) is 0 Å². The van der Waals surface area contributed by atoms with Crippen LogP contribution in [-0.4, -0.2) is 30.0 Å². The summed E-state index contributed by atoms with van der Waals surface area (Å²) in [4.78, 5) is 10.2. The average Bonchev–Trinajstić information content (AvgIpc) is 1.96. The summed E-state index contributed by atoms with van der Waals surface area (Å²) in [5.41, 5.74) is 10.2. The van der Waals surface area contributed by atoms with E-state index in [9.17, 15) is 9.90 Å². The van der Waals surface area contributed by atoms with Crippen LogP contribution in [0.5, 0.6) is 0 Å². The topological polar surface area (TPSA) is 98.6 Å². The van der Waals surface area contributed by atoms with Gasteiger partial charge in [-0.15, -0.1) is 0 Å². The molecule has 0 aliphatic heterocycles. The Kier molecular flexibility index (Phi) is 4.16. The van der Waals surface area contributed by atoms with E-state index < -0.39 is 18.2 Å². The van der Waals surface area contributed by atoms with Gasteiger partial charge < -0.3 is 21.3 Å². The van der Waals surface area contributed by atoms with Gasteiger partial charge in [0.2, 0.25) is 0 Å². The van der Waals surface area contributed by atoms with Crippen molar-refractivity contribution in [3.63, 3.8) is 0 Å². The van der Waals surface area contributed by atoms with Crippen molar-refractivity contribution in [1.82, 2.24) is 0 Å². The Hall–Kier alpha value is -0.810. The first-order valence-electron chi connectivity index (χ1n) is 4.11. The second-order valence-corrected chi connectivity index (χ2v) is 4.09. The van der Waals surface area contributed by atoms with Gasteiger partial charge >= 0.3 is 6.09 Å². The number of carbonyl (C=O) groups is 1. The number of aliphatic hydroxyl groups excluding tert-OH is 1. The predicted molar refractivity (Wildman–Crippen MR) is 49.0 cm³/mol. The van der Waals surface area contributed by atoms with Crippen LogP contribution in [0.15, 0.2) is 0 Å². The Morgan fingerprint density at radius 3 is 2.31 bits per heavy atom. The minimum Gasteiger partial charge on any atom is -0.447 e. The summed E-state index contributed by atoms with van der Waals surface area (Å²) in [5.74, 6) is 0. The van der Waals surface area contributed by atoms with Gasteiger partial charge in [0.05, 0.1) is 0 Å². The molecule has 0 heterocycles. The second kappa shape index (κ2) is 4.43. The fourth-order valence-corrected chi connectivity index (χ4v) is 0.848. The molecule has 0 spiro atoms. The van der Waals surface area contributed by atoms with Gasteiger partial charge in [0.1, 0.15) is 12.7 Å². The van der Waals surface area contributed by atoms with Gasteiger partial charge in [-0.1, -0.05) is 20.8 Å². The highest BCUT2D eigenvalue weighted by molar-refractivity contribution is 5.64. The molecule has 2 atom stereocenters. The van der Waals surface area contributed by atoms with E-state index in [0.29, 0.717) is 0 Å². The highest BCUT2D eigenvalue weighted by atomic mass is 16.6. The van der Waals surface area contributed by atoms with Crippen molar-refractivity contribution in [2.45, 2.75) is 32.9 Å². The molecule has 5 heteroatoms. The molecule has 13 heavy (non-hydrogen) atoms. The molecule has 0 saturated carbocycles.